The number of hydrogen-bond acceptors (Lipinski definition) is 3. The average molecular weight is 332 g/mol. The van der Waals surface area contributed by atoms with E-state index in [1.807, 2.05) is 19.1 Å². The van der Waals surface area contributed by atoms with Crippen LogP contribution in [0.4, 0.5) is 11.5 Å². The van der Waals surface area contributed by atoms with Gasteiger partial charge >= 0.3 is 0 Å². The Kier molecular flexibility index (Phi) is 5.26. The third kappa shape index (κ3) is 4.96. The number of carbonyl (C=O) groups is 1. The molecule has 0 aliphatic heterocycles. The molecule has 0 fully saturated rings. The van der Waals surface area contributed by atoms with Crippen molar-refractivity contribution in [3.63, 3.8) is 0 Å². The summed E-state index contributed by atoms with van der Waals surface area (Å²) < 4.78 is 0. The summed E-state index contributed by atoms with van der Waals surface area (Å²) in [5.41, 5.74) is 2.28. The van der Waals surface area contributed by atoms with E-state index in [-0.39, 0.29) is 17.4 Å². The van der Waals surface area contributed by atoms with Gasteiger partial charge < -0.3 is 10.6 Å². The molecule has 1 aromatic heterocycles. The highest BCUT2D eigenvalue weighted by atomic mass is 35.5. The van der Waals surface area contributed by atoms with Gasteiger partial charge in [-0.05, 0) is 42.2 Å². The number of carbonyl (C=O) groups excluding carboxylic acids is 1. The van der Waals surface area contributed by atoms with E-state index in [1.165, 1.54) is 11.8 Å². The van der Waals surface area contributed by atoms with Crippen LogP contribution < -0.4 is 10.6 Å². The van der Waals surface area contributed by atoms with Crippen molar-refractivity contribution in [1.82, 2.24) is 4.98 Å². The predicted octanol–water partition coefficient (Wildman–Crippen LogP) is 4.47. The maximum atomic E-state index is 12.2. The van der Waals surface area contributed by atoms with Gasteiger partial charge in [0, 0.05) is 11.9 Å². The number of rotatable bonds is 4. The van der Waals surface area contributed by atoms with Crippen LogP contribution in [0.25, 0.3) is 0 Å². The van der Waals surface area contributed by atoms with Crippen molar-refractivity contribution in [1.29, 1.82) is 0 Å². The second-order valence-electron chi connectivity index (χ2n) is 6.54. The van der Waals surface area contributed by atoms with Gasteiger partial charge in [0.2, 0.25) is 5.91 Å². The molecule has 1 heterocycles. The number of aromatic nitrogens is 1. The second kappa shape index (κ2) is 7.01. The van der Waals surface area contributed by atoms with Gasteiger partial charge in [-0.15, -0.1) is 0 Å². The van der Waals surface area contributed by atoms with E-state index >= 15 is 0 Å². The molecular formula is C18H22ClN3O. The quantitative estimate of drug-likeness (QED) is 0.869. The molecule has 1 amide bonds. The number of pyridine rings is 1. The molecule has 0 bridgehead atoms. The topological polar surface area (TPSA) is 54.0 Å². The molecule has 23 heavy (non-hydrogen) atoms. The minimum absolute atomic E-state index is 0.113. The van der Waals surface area contributed by atoms with Crippen molar-refractivity contribution in [2.24, 2.45) is 0 Å². The lowest BCUT2D eigenvalue weighted by Gasteiger charge is -2.20. The van der Waals surface area contributed by atoms with E-state index in [1.54, 1.807) is 12.1 Å². The fraction of sp³-hybridized carbons (Fsp3) is 0.333. The average Bonchev–Trinajstić information content (AvgIpc) is 2.49. The Morgan fingerprint density at radius 1 is 1.13 bits per heavy atom. The Morgan fingerprint density at radius 3 is 2.30 bits per heavy atom. The van der Waals surface area contributed by atoms with Gasteiger partial charge in [0.05, 0.1) is 5.02 Å². The maximum absolute atomic E-state index is 12.2. The first-order chi connectivity index (χ1) is 10.8. The molecule has 1 aromatic carbocycles. The minimum Gasteiger partial charge on any atom is -0.374 e. The first kappa shape index (κ1) is 17.3. The summed E-state index contributed by atoms with van der Waals surface area (Å²) >= 11 is 5.78. The number of nitrogens with one attached hydrogen (secondary N) is 2. The zero-order valence-electron chi connectivity index (χ0n) is 13.9. The summed E-state index contributed by atoms with van der Waals surface area (Å²) in [4.78, 5) is 16.2. The molecule has 0 saturated carbocycles. The van der Waals surface area contributed by atoms with Gasteiger partial charge in [-0.3, -0.25) is 4.79 Å². The van der Waals surface area contributed by atoms with Gasteiger partial charge in [0.15, 0.2) is 0 Å². The lowest BCUT2D eigenvalue weighted by atomic mass is 9.87. The van der Waals surface area contributed by atoms with Crippen molar-refractivity contribution in [3.8, 4) is 0 Å². The molecule has 2 aromatic rings. The first-order valence-corrected chi connectivity index (χ1v) is 7.93. The summed E-state index contributed by atoms with van der Waals surface area (Å²) in [6.07, 6.45) is 1.50. The summed E-state index contributed by atoms with van der Waals surface area (Å²) in [6.45, 7) is 8.32. The molecule has 0 radical (unpaired) electrons. The number of nitrogens with zero attached hydrogens (tertiary/aromatic N) is 1. The molecular weight excluding hydrogens is 310 g/mol. The maximum Gasteiger partial charge on any atom is 0.247 e. The Hall–Kier alpha value is -2.07. The first-order valence-electron chi connectivity index (χ1n) is 7.55. The summed E-state index contributed by atoms with van der Waals surface area (Å²) in [5, 5.41) is 6.47. The summed E-state index contributed by atoms with van der Waals surface area (Å²) in [7, 11) is 0. The Labute approximate surface area is 142 Å². The normalized spacial score (nSPS) is 12.6. The van der Waals surface area contributed by atoms with Gasteiger partial charge in [-0.25, -0.2) is 4.98 Å². The van der Waals surface area contributed by atoms with Crippen LogP contribution in [-0.4, -0.2) is 16.9 Å². The molecule has 2 rings (SSSR count). The second-order valence-corrected chi connectivity index (χ2v) is 6.98. The number of benzene rings is 1. The van der Waals surface area contributed by atoms with Gasteiger partial charge in [0.25, 0.3) is 0 Å². The fourth-order valence-corrected chi connectivity index (χ4v) is 2.18. The molecule has 5 heteroatoms. The van der Waals surface area contributed by atoms with Crippen molar-refractivity contribution in [2.75, 3.05) is 10.6 Å². The summed E-state index contributed by atoms with van der Waals surface area (Å²) in [5.74, 6) is 0.329. The standard InChI is InChI=1S/C18H22ClN3O/c1-12(17(23)22-16-10-7-14(19)11-20-16)21-15-8-5-13(6-9-15)18(2,3)4/h5-12,21H,1-4H3,(H,20,22,23)/t12-/m1/s1. The lowest BCUT2D eigenvalue weighted by Crippen LogP contribution is -2.32. The number of hydrogen-bond donors (Lipinski definition) is 2. The van der Waals surface area contributed by atoms with Gasteiger partial charge in [-0.1, -0.05) is 44.5 Å². The highest BCUT2D eigenvalue weighted by molar-refractivity contribution is 6.30. The molecule has 4 nitrogen and oxygen atoms in total. The van der Waals surface area contributed by atoms with Crippen molar-refractivity contribution >= 4 is 29.0 Å². The number of anilines is 2. The van der Waals surface area contributed by atoms with Crippen molar-refractivity contribution < 1.29 is 4.79 Å². The van der Waals surface area contributed by atoms with Crippen molar-refractivity contribution in [2.45, 2.75) is 39.2 Å². The van der Waals surface area contributed by atoms with E-state index in [0.29, 0.717) is 10.8 Å². The van der Waals surface area contributed by atoms with Crippen LogP contribution in [-0.2, 0) is 10.2 Å². The third-order valence-corrected chi connectivity index (χ3v) is 3.73. The molecule has 0 spiro atoms. The smallest absolute Gasteiger partial charge is 0.247 e. The molecule has 1 atom stereocenters. The molecule has 0 saturated heterocycles. The monoisotopic (exact) mass is 331 g/mol. The summed E-state index contributed by atoms with van der Waals surface area (Å²) in [6, 6.07) is 11.1. The van der Waals surface area contributed by atoms with Crippen LogP contribution in [0.2, 0.25) is 5.02 Å². The molecule has 0 aliphatic rings. The minimum atomic E-state index is -0.382. The Bertz CT molecular complexity index is 660. The van der Waals surface area contributed by atoms with Gasteiger partial charge in [0.1, 0.15) is 11.9 Å². The molecule has 0 aliphatic carbocycles. The van der Waals surface area contributed by atoms with E-state index in [9.17, 15) is 4.79 Å². The SMILES string of the molecule is C[C@@H](Nc1ccc(C(C)(C)C)cc1)C(=O)Nc1ccc(Cl)cn1. The van der Waals surface area contributed by atoms with Crippen LogP contribution in [0.3, 0.4) is 0 Å². The number of halogens is 1. The molecule has 0 unspecified atom stereocenters. The van der Waals surface area contributed by atoms with E-state index in [0.717, 1.165) is 5.69 Å². The number of amides is 1. The zero-order chi connectivity index (χ0) is 17.0. The zero-order valence-corrected chi connectivity index (χ0v) is 14.6. The van der Waals surface area contributed by atoms with E-state index in [4.69, 9.17) is 11.6 Å². The van der Waals surface area contributed by atoms with Crippen LogP contribution in [0.15, 0.2) is 42.6 Å². The van der Waals surface area contributed by atoms with E-state index in [2.05, 4.69) is 48.5 Å². The fourth-order valence-electron chi connectivity index (χ4n) is 2.07. The Balaban J connectivity index is 1.96. The predicted molar refractivity (Wildman–Crippen MR) is 96.1 cm³/mol. The van der Waals surface area contributed by atoms with Crippen molar-refractivity contribution in [3.05, 3.63) is 53.2 Å². The van der Waals surface area contributed by atoms with Crippen LogP contribution >= 0.6 is 11.6 Å². The van der Waals surface area contributed by atoms with E-state index < -0.39 is 0 Å². The van der Waals surface area contributed by atoms with Gasteiger partial charge in [-0.2, -0.15) is 0 Å². The Morgan fingerprint density at radius 2 is 1.78 bits per heavy atom. The van der Waals surface area contributed by atoms with Crippen LogP contribution in [0.1, 0.15) is 33.3 Å². The van der Waals surface area contributed by atoms with Crippen LogP contribution in [0, 0.1) is 0 Å². The lowest BCUT2D eigenvalue weighted by molar-refractivity contribution is -0.116. The highest BCUT2D eigenvalue weighted by Crippen LogP contribution is 2.23. The largest absolute Gasteiger partial charge is 0.374 e. The molecule has 2 N–H and O–H groups in total. The third-order valence-electron chi connectivity index (χ3n) is 3.51. The van der Waals surface area contributed by atoms with Crippen LogP contribution in [0.5, 0.6) is 0 Å². The highest BCUT2D eigenvalue weighted by Gasteiger charge is 2.15. The molecule has 122 valence electrons.